The maximum atomic E-state index is 12.8. The summed E-state index contributed by atoms with van der Waals surface area (Å²) in [7, 11) is 0. The number of nitrogens with one attached hydrogen (secondary N) is 1. The van der Waals surface area contributed by atoms with Gasteiger partial charge >= 0.3 is 0 Å². The quantitative estimate of drug-likeness (QED) is 0.845. The summed E-state index contributed by atoms with van der Waals surface area (Å²) < 4.78 is 12.8. The van der Waals surface area contributed by atoms with Crippen molar-refractivity contribution >= 4 is 23.3 Å². The van der Waals surface area contributed by atoms with Gasteiger partial charge in [0.15, 0.2) is 0 Å². The van der Waals surface area contributed by atoms with Gasteiger partial charge < -0.3 is 5.32 Å². The van der Waals surface area contributed by atoms with Gasteiger partial charge in [-0.05, 0) is 42.1 Å². The van der Waals surface area contributed by atoms with Crippen LogP contribution in [0.2, 0.25) is 0 Å². The van der Waals surface area contributed by atoms with Crippen LogP contribution in [0, 0.1) is 5.82 Å². The number of amides is 1. The molecule has 0 bridgehead atoms. The highest BCUT2D eigenvalue weighted by molar-refractivity contribution is 7.10. The molecule has 0 radical (unpaired) electrons. The molecular formula is C15H14FNOS. The van der Waals surface area contributed by atoms with Gasteiger partial charge in [0.2, 0.25) is 5.91 Å². The molecule has 1 heterocycles. The van der Waals surface area contributed by atoms with Crippen molar-refractivity contribution in [3.05, 3.63) is 64.1 Å². The molecule has 2 aromatic rings. The Balaban J connectivity index is 1.93. The second kappa shape index (κ2) is 6.29. The van der Waals surface area contributed by atoms with E-state index in [2.05, 4.69) is 5.32 Å². The standard InChI is InChI=1S/C15H14FNOS/c1-11(12-4-6-13(16)7-5-12)17-15(18)9-8-14-3-2-10-19-14/h2-11H,1H3,(H,17,18). The molecule has 0 aliphatic heterocycles. The summed E-state index contributed by atoms with van der Waals surface area (Å²) in [5.74, 6) is -0.440. The van der Waals surface area contributed by atoms with Gasteiger partial charge in [0, 0.05) is 11.0 Å². The van der Waals surface area contributed by atoms with Crippen LogP contribution in [0.3, 0.4) is 0 Å². The monoisotopic (exact) mass is 275 g/mol. The molecule has 1 atom stereocenters. The lowest BCUT2D eigenvalue weighted by molar-refractivity contribution is -0.117. The van der Waals surface area contributed by atoms with Crippen molar-refractivity contribution < 1.29 is 9.18 Å². The molecule has 19 heavy (non-hydrogen) atoms. The van der Waals surface area contributed by atoms with Gasteiger partial charge in [-0.2, -0.15) is 0 Å². The van der Waals surface area contributed by atoms with E-state index in [4.69, 9.17) is 0 Å². The third-order valence-electron chi connectivity index (χ3n) is 2.67. The van der Waals surface area contributed by atoms with Crippen molar-refractivity contribution in [1.82, 2.24) is 5.32 Å². The van der Waals surface area contributed by atoms with Crippen molar-refractivity contribution in [1.29, 1.82) is 0 Å². The lowest BCUT2D eigenvalue weighted by atomic mass is 10.1. The summed E-state index contributed by atoms with van der Waals surface area (Å²) in [6.45, 7) is 1.87. The Kier molecular flexibility index (Phi) is 4.47. The number of carbonyl (C=O) groups is 1. The molecule has 1 unspecified atom stereocenters. The van der Waals surface area contributed by atoms with E-state index in [9.17, 15) is 9.18 Å². The summed E-state index contributed by atoms with van der Waals surface area (Å²) >= 11 is 1.57. The topological polar surface area (TPSA) is 29.1 Å². The van der Waals surface area contributed by atoms with E-state index < -0.39 is 0 Å². The molecule has 1 amide bonds. The van der Waals surface area contributed by atoms with Crippen LogP contribution in [0.1, 0.15) is 23.4 Å². The molecule has 1 aromatic heterocycles. The van der Waals surface area contributed by atoms with Crippen LogP contribution in [-0.4, -0.2) is 5.91 Å². The lowest BCUT2D eigenvalue weighted by Crippen LogP contribution is -2.24. The highest BCUT2D eigenvalue weighted by Crippen LogP contribution is 2.13. The summed E-state index contributed by atoms with van der Waals surface area (Å²) in [4.78, 5) is 12.8. The number of halogens is 1. The van der Waals surface area contributed by atoms with Gasteiger partial charge in [-0.25, -0.2) is 4.39 Å². The number of carbonyl (C=O) groups excluding carboxylic acids is 1. The van der Waals surface area contributed by atoms with Gasteiger partial charge in [0.05, 0.1) is 6.04 Å². The van der Waals surface area contributed by atoms with Crippen LogP contribution >= 0.6 is 11.3 Å². The van der Waals surface area contributed by atoms with Crippen molar-refractivity contribution in [3.63, 3.8) is 0 Å². The van der Waals surface area contributed by atoms with Crippen LogP contribution in [0.5, 0.6) is 0 Å². The minimum Gasteiger partial charge on any atom is -0.346 e. The first-order valence-electron chi connectivity index (χ1n) is 5.93. The largest absolute Gasteiger partial charge is 0.346 e. The van der Waals surface area contributed by atoms with E-state index in [0.29, 0.717) is 0 Å². The molecule has 2 nitrogen and oxygen atoms in total. The van der Waals surface area contributed by atoms with Gasteiger partial charge in [0.25, 0.3) is 0 Å². The summed E-state index contributed by atoms with van der Waals surface area (Å²) in [6.07, 6.45) is 3.28. The molecule has 0 aliphatic carbocycles. The van der Waals surface area contributed by atoms with E-state index >= 15 is 0 Å². The highest BCUT2D eigenvalue weighted by Gasteiger charge is 2.07. The Morgan fingerprint density at radius 1 is 1.32 bits per heavy atom. The van der Waals surface area contributed by atoms with Crippen LogP contribution in [-0.2, 0) is 4.79 Å². The van der Waals surface area contributed by atoms with Gasteiger partial charge in [-0.3, -0.25) is 4.79 Å². The van der Waals surface area contributed by atoms with Crippen molar-refractivity contribution in [2.75, 3.05) is 0 Å². The maximum absolute atomic E-state index is 12.8. The first kappa shape index (κ1) is 13.5. The average Bonchev–Trinajstić information content (AvgIpc) is 2.90. The SMILES string of the molecule is CC(NC(=O)C=Cc1cccs1)c1ccc(F)cc1. The zero-order chi connectivity index (χ0) is 13.7. The minimum atomic E-state index is -0.278. The number of hydrogen-bond donors (Lipinski definition) is 1. The zero-order valence-corrected chi connectivity index (χ0v) is 11.3. The summed E-state index contributed by atoms with van der Waals surface area (Å²) in [6, 6.07) is 9.84. The molecular weight excluding hydrogens is 261 g/mol. The summed E-state index contributed by atoms with van der Waals surface area (Å²) in [5.41, 5.74) is 0.874. The molecule has 0 saturated heterocycles. The predicted molar refractivity (Wildman–Crippen MR) is 76.3 cm³/mol. The van der Waals surface area contributed by atoms with Crippen molar-refractivity contribution in [2.45, 2.75) is 13.0 Å². The third kappa shape index (κ3) is 4.03. The highest BCUT2D eigenvalue weighted by atomic mass is 32.1. The Bertz CT molecular complexity index is 560. The fourth-order valence-corrected chi connectivity index (χ4v) is 2.26. The first-order chi connectivity index (χ1) is 9.15. The van der Waals surface area contributed by atoms with E-state index in [1.165, 1.54) is 18.2 Å². The molecule has 0 fully saturated rings. The van der Waals surface area contributed by atoms with Crippen molar-refractivity contribution in [3.8, 4) is 0 Å². The Labute approximate surface area is 115 Å². The van der Waals surface area contributed by atoms with E-state index in [-0.39, 0.29) is 17.8 Å². The zero-order valence-electron chi connectivity index (χ0n) is 10.5. The number of hydrogen-bond acceptors (Lipinski definition) is 2. The normalized spacial score (nSPS) is 12.5. The third-order valence-corrected chi connectivity index (χ3v) is 3.51. The van der Waals surface area contributed by atoms with Crippen LogP contribution < -0.4 is 5.32 Å². The predicted octanol–water partition coefficient (Wildman–Crippen LogP) is 3.78. The Morgan fingerprint density at radius 2 is 2.05 bits per heavy atom. The second-order valence-electron chi connectivity index (χ2n) is 4.13. The minimum absolute atomic E-state index is 0.152. The number of rotatable bonds is 4. The molecule has 2 rings (SSSR count). The Morgan fingerprint density at radius 3 is 2.68 bits per heavy atom. The van der Waals surface area contributed by atoms with Crippen LogP contribution in [0.15, 0.2) is 47.9 Å². The lowest BCUT2D eigenvalue weighted by Gasteiger charge is -2.12. The summed E-state index contributed by atoms with van der Waals surface area (Å²) in [5, 5.41) is 4.79. The first-order valence-corrected chi connectivity index (χ1v) is 6.80. The number of benzene rings is 1. The molecule has 1 N–H and O–H groups in total. The molecule has 98 valence electrons. The maximum Gasteiger partial charge on any atom is 0.244 e. The molecule has 0 spiro atoms. The second-order valence-corrected chi connectivity index (χ2v) is 5.11. The van der Waals surface area contributed by atoms with Gasteiger partial charge in [-0.15, -0.1) is 11.3 Å². The van der Waals surface area contributed by atoms with Crippen LogP contribution in [0.4, 0.5) is 4.39 Å². The molecule has 0 aliphatic rings. The van der Waals surface area contributed by atoms with Crippen molar-refractivity contribution in [2.24, 2.45) is 0 Å². The fraction of sp³-hybridized carbons (Fsp3) is 0.133. The smallest absolute Gasteiger partial charge is 0.244 e. The fourth-order valence-electron chi connectivity index (χ4n) is 1.64. The van der Waals surface area contributed by atoms with E-state index in [0.717, 1.165) is 10.4 Å². The number of thiophene rings is 1. The van der Waals surface area contributed by atoms with Gasteiger partial charge in [-0.1, -0.05) is 18.2 Å². The average molecular weight is 275 g/mol. The Hall–Kier alpha value is -1.94. The molecule has 1 aromatic carbocycles. The molecule has 0 saturated carbocycles. The van der Waals surface area contributed by atoms with Crippen LogP contribution in [0.25, 0.3) is 6.08 Å². The molecule has 4 heteroatoms. The van der Waals surface area contributed by atoms with E-state index in [1.807, 2.05) is 24.4 Å². The van der Waals surface area contributed by atoms with E-state index in [1.54, 1.807) is 29.5 Å². The van der Waals surface area contributed by atoms with Gasteiger partial charge in [0.1, 0.15) is 5.82 Å².